The zero-order valence-corrected chi connectivity index (χ0v) is 18.0. The van der Waals surface area contributed by atoms with Crippen LogP contribution in [0.1, 0.15) is 50.4 Å². The predicted octanol–water partition coefficient (Wildman–Crippen LogP) is 2.91. The highest BCUT2D eigenvalue weighted by molar-refractivity contribution is 7.91. The third kappa shape index (κ3) is 4.48. The lowest BCUT2D eigenvalue weighted by Gasteiger charge is -2.25. The molecule has 7 nitrogen and oxygen atoms in total. The number of carbonyl (C=O) groups excluding carboxylic acids is 1. The van der Waals surface area contributed by atoms with Gasteiger partial charge in [-0.25, -0.2) is 13.4 Å². The van der Waals surface area contributed by atoms with E-state index >= 15 is 0 Å². The van der Waals surface area contributed by atoms with Gasteiger partial charge in [-0.05, 0) is 51.4 Å². The fourth-order valence-corrected chi connectivity index (χ4v) is 6.58. The molecule has 1 saturated heterocycles. The summed E-state index contributed by atoms with van der Waals surface area (Å²) >= 11 is 0. The number of likely N-dealkylation sites (N-methyl/N-ethyl adjacent to an activating group) is 1. The van der Waals surface area contributed by atoms with Crippen LogP contribution in [0, 0.1) is 6.92 Å². The maximum Gasteiger partial charge on any atom is 0.238 e. The number of aromatic nitrogens is 2. The topological polar surface area (TPSA) is 84.3 Å². The van der Waals surface area contributed by atoms with E-state index in [1.807, 2.05) is 30.1 Å². The number of rotatable bonds is 5. The van der Waals surface area contributed by atoms with Gasteiger partial charge in [0.1, 0.15) is 5.82 Å². The van der Waals surface area contributed by atoms with Gasteiger partial charge in [0, 0.05) is 17.8 Å². The molecule has 1 aliphatic carbocycles. The van der Waals surface area contributed by atoms with Gasteiger partial charge < -0.3 is 9.88 Å². The van der Waals surface area contributed by atoms with Crippen LogP contribution < -0.4 is 5.32 Å². The molecule has 158 valence electrons. The highest BCUT2D eigenvalue weighted by atomic mass is 32.2. The number of carbonyl (C=O) groups is 1. The second kappa shape index (κ2) is 8.07. The van der Waals surface area contributed by atoms with Gasteiger partial charge in [0.2, 0.25) is 5.91 Å². The van der Waals surface area contributed by atoms with Crippen molar-refractivity contribution in [3.8, 4) is 0 Å². The van der Waals surface area contributed by atoms with Gasteiger partial charge in [-0.2, -0.15) is 0 Å². The Morgan fingerprint density at radius 3 is 2.69 bits per heavy atom. The summed E-state index contributed by atoms with van der Waals surface area (Å²) in [6, 6.07) is 6.35. The fourth-order valence-electron chi connectivity index (χ4n) is 4.78. The minimum atomic E-state index is -2.95. The van der Waals surface area contributed by atoms with Crippen molar-refractivity contribution in [1.29, 1.82) is 0 Å². The quantitative estimate of drug-likeness (QED) is 0.807. The van der Waals surface area contributed by atoms with Gasteiger partial charge in [-0.15, -0.1) is 0 Å². The number of nitrogens with zero attached hydrogens (tertiary/aromatic N) is 3. The Balaban J connectivity index is 1.44. The first kappa shape index (κ1) is 20.3. The van der Waals surface area contributed by atoms with Crippen molar-refractivity contribution in [3.63, 3.8) is 0 Å². The van der Waals surface area contributed by atoms with E-state index in [1.165, 1.54) is 32.1 Å². The lowest BCUT2D eigenvalue weighted by molar-refractivity contribution is -0.117. The molecule has 2 aliphatic rings. The van der Waals surface area contributed by atoms with E-state index in [0.29, 0.717) is 12.5 Å². The molecular formula is C21H30N4O3S. The number of hydrogen-bond acceptors (Lipinski definition) is 5. The molecule has 0 bridgehead atoms. The average molecular weight is 419 g/mol. The van der Waals surface area contributed by atoms with E-state index in [0.717, 1.165) is 22.5 Å². The molecule has 1 aliphatic heterocycles. The lowest BCUT2D eigenvalue weighted by Crippen LogP contribution is -2.38. The molecule has 1 N–H and O–H groups in total. The molecule has 8 heteroatoms. The van der Waals surface area contributed by atoms with E-state index in [9.17, 15) is 13.2 Å². The van der Waals surface area contributed by atoms with E-state index in [4.69, 9.17) is 4.98 Å². The molecule has 0 unspecified atom stereocenters. The molecule has 0 radical (unpaired) electrons. The van der Waals surface area contributed by atoms with Crippen molar-refractivity contribution in [2.24, 2.45) is 0 Å². The summed E-state index contributed by atoms with van der Waals surface area (Å²) in [6.07, 6.45) is 6.86. The first-order chi connectivity index (χ1) is 13.8. The van der Waals surface area contributed by atoms with Crippen LogP contribution in [0.3, 0.4) is 0 Å². The second-order valence-electron chi connectivity index (χ2n) is 8.54. The maximum absolute atomic E-state index is 12.5. The molecule has 1 aromatic carbocycles. The van der Waals surface area contributed by atoms with Crippen molar-refractivity contribution < 1.29 is 13.2 Å². The van der Waals surface area contributed by atoms with Gasteiger partial charge in [0.05, 0.1) is 29.1 Å². The maximum atomic E-state index is 12.5. The molecule has 4 rings (SSSR count). The lowest BCUT2D eigenvalue weighted by atomic mass is 9.95. The van der Waals surface area contributed by atoms with Crippen LogP contribution in [0.4, 0.5) is 5.69 Å². The number of amides is 1. The van der Waals surface area contributed by atoms with E-state index < -0.39 is 9.84 Å². The fraction of sp³-hybridized carbons (Fsp3) is 0.619. The summed E-state index contributed by atoms with van der Waals surface area (Å²) in [5, 5.41) is 2.94. The molecule has 1 atom stereocenters. The Morgan fingerprint density at radius 2 is 2.00 bits per heavy atom. The SMILES string of the molecule is Cc1nc2cc(NC(=O)CN(C)[C@@H]3CCS(=O)(=O)C3)ccc2n1C1CCCCC1. The molecule has 2 heterocycles. The number of aryl methyl sites for hydroxylation is 1. The van der Waals surface area contributed by atoms with Crippen molar-refractivity contribution in [2.45, 2.75) is 57.5 Å². The third-order valence-electron chi connectivity index (χ3n) is 6.31. The monoisotopic (exact) mass is 418 g/mol. The van der Waals surface area contributed by atoms with E-state index in [1.54, 1.807) is 0 Å². The summed E-state index contributed by atoms with van der Waals surface area (Å²) < 4.78 is 25.7. The summed E-state index contributed by atoms with van der Waals surface area (Å²) in [7, 11) is -1.15. The summed E-state index contributed by atoms with van der Waals surface area (Å²) in [4.78, 5) is 19.0. The second-order valence-corrected chi connectivity index (χ2v) is 10.8. The minimum Gasteiger partial charge on any atom is -0.325 e. The van der Waals surface area contributed by atoms with Gasteiger partial charge in [-0.3, -0.25) is 9.69 Å². The van der Waals surface area contributed by atoms with Gasteiger partial charge >= 0.3 is 0 Å². The normalized spacial score (nSPS) is 22.4. The Labute approximate surface area is 172 Å². The number of sulfone groups is 1. The summed E-state index contributed by atoms with van der Waals surface area (Å²) in [6.45, 7) is 2.23. The molecule has 0 spiro atoms. The first-order valence-corrected chi connectivity index (χ1v) is 12.3. The predicted molar refractivity (Wildman–Crippen MR) is 115 cm³/mol. The third-order valence-corrected chi connectivity index (χ3v) is 8.06. The highest BCUT2D eigenvalue weighted by Crippen LogP contribution is 2.33. The van der Waals surface area contributed by atoms with Gasteiger partial charge in [0.25, 0.3) is 0 Å². The van der Waals surface area contributed by atoms with Crippen LogP contribution in [-0.4, -0.2) is 59.9 Å². The molecule has 1 aromatic heterocycles. The number of imidazole rings is 1. The smallest absolute Gasteiger partial charge is 0.238 e. The molecular weight excluding hydrogens is 388 g/mol. The highest BCUT2D eigenvalue weighted by Gasteiger charge is 2.31. The number of benzene rings is 1. The van der Waals surface area contributed by atoms with Crippen molar-refractivity contribution >= 4 is 32.5 Å². The molecule has 2 aromatic rings. The van der Waals surface area contributed by atoms with Crippen molar-refractivity contribution in [2.75, 3.05) is 30.4 Å². The standard InChI is InChI=1S/C21H30N4O3S/c1-15-22-19-12-16(8-9-20(19)25(15)17-6-4-3-5-7-17)23-21(26)13-24(2)18-10-11-29(27,28)14-18/h8-9,12,17-18H,3-7,10-11,13-14H2,1-2H3,(H,23,26)/t18-/m1/s1. The van der Waals surface area contributed by atoms with Crippen LogP contribution in [0.15, 0.2) is 18.2 Å². The molecule has 1 saturated carbocycles. The van der Waals surface area contributed by atoms with Gasteiger partial charge in [0.15, 0.2) is 9.84 Å². The molecule has 29 heavy (non-hydrogen) atoms. The van der Waals surface area contributed by atoms with Crippen LogP contribution in [0.5, 0.6) is 0 Å². The Kier molecular flexibility index (Phi) is 5.66. The Bertz CT molecular complexity index is 1010. The number of fused-ring (bicyclic) bond motifs is 1. The number of hydrogen-bond donors (Lipinski definition) is 1. The number of nitrogens with one attached hydrogen (secondary N) is 1. The minimum absolute atomic E-state index is 0.0814. The van der Waals surface area contributed by atoms with Crippen LogP contribution >= 0.6 is 0 Å². The van der Waals surface area contributed by atoms with Crippen LogP contribution in [0.25, 0.3) is 11.0 Å². The van der Waals surface area contributed by atoms with E-state index in [2.05, 4.69) is 16.8 Å². The average Bonchev–Trinajstić information content (AvgIpc) is 3.20. The molecule has 1 amide bonds. The summed E-state index contributed by atoms with van der Waals surface area (Å²) in [5.74, 6) is 1.24. The zero-order valence-electron chi connectivity index (χ0n) is 17.2. The largest absolute Gasteiger partial charge is 0.325 e. The van der Waals surface area contributed by atoms with Crippen molar-refractivity contribution in [3.05, 3.63) is 24.0 Å². The van der Waals surface area contributed by atoms with E-state index in [-0.39, 0.29) is 30.0 Å². The number of anilines is 1. The summed E-state index contributed by atoms with van der Waals surface area (Å²) in [5.41, 5.74) is 2.75. The van der Waals surface area contributed by atoms with Gasteiger partial charge in [-0.1, -0.05) is 19.3 Å². The zero-order chi connectivity index (χ0) is 20.6. The first-order valence-electron chi connectivity index (χ1n) is 10.5. The van der Waals surface area contributed by atoms with Crippen LogP contribution in [0.2, 0.25) is 0 Å². The van der Waals surface area contributed by atoms with Crippen LogP contribution in [-0.2, 0) is 14.6 Å². The van der Waals surface area contributed by atoms with Crippen molar-refractivity contribution in [1.82, 2.24) is 14.5 Å². The molecule has 2 fully saturated rings. The Morgan fingerprint density at radius 1 is 1.24 bits per heavy atom. The Hall–Kier alpha value is -1.93.